The Morgan fingerprint density at radius 3 is 2.62 bits per heavy atom. The van der Waals surface area contributed by atoms with Crippen LogP contribution in [0.15, 0.2) is 48.5 Å². The number of hydrogen-bond acceptors (Lipinski definition) is 5. The normalized spacial score (nSPS) is 21.3. The first kappa shape index (κ1) is 22.4. The predicted molar refractivity (Wildman–Crippen MR) is 120 cm³/mol. The largest absolute Gasteiger partial charge is 0.573 e. The van der Waals surface area contributed by atoms with Gasteiger partial charge in [-0.25, -0.2) is 0 Å². The molecule has 1 N–H and O–H groups in total. The van der Waals surface area contributed by atoms with E-state index in [0.717, 1.165) is 37.1 Å². The number of nitrogens with one attached hydrogen (secondary N) is 1. The Hall–Kier alpha value is -3.40. The number of carbonyl (C=O) groups is 1. The van der Waals surface area contributed by atoms with Crippen molar-refractivity contribution in [3.05, 3.63) is 59.7 Å². The number of alkyl halides is 3. The first-order valence-electron chi connectivity index (χ1n) is 11.2. The van der Waals surface area contributed by atoms with E-state index in [-0.39, 0.29) is 11.7 Å². The van der Waals surface area contributed by atoms with Crippen LogP contribution in [0.4, 0.5) is 13.2 Å². The van der Waals surface area contributed by atoms with E-state index in [1.165, 1.54) is 35.9 Å². The van der Waals surface area contributed by atoms with Gasteiger partial charge >= 0.3 is 6.36 Å². The highest BCUT2D eigenvalue weighted by atomic mass is 19.4. The van der Waals surface area contributed by atoms with Crippen molar-refractivity contribution in [3.8, 4) is 5.75 Å². The Labute approximate surface area is 194 Å². The topological polar surface area (TPSA) is 74.3 Å². The van der Waals surface area contributed by atoms with Gasteiger partial charge in [-0.3, -0.25) is 9.69 Å². The van der Waals surface area contributed by atoms with Crippen molar-refractivity contribution >= 4 is 23.0 Å². The molecule has 1 aromatic heterocycles. The molecule has 1 amide bonds. The Morgan fingerprint density at radius 1 is 1.06 bits per heavy atom. The maximum Gasteiger partial charge on any atom is 0.573 e. The maximum absolute atomic E-state index is 12.7. The van der Waals surface area contributed by atoms with Crippen LogP contribution in [-0.2, 0) is 11.3 Å². The van der Waals surface area contributed by atoms with Crippen molar-refractivity contribution in [2.75, 3.05) is 26.2 Å². The smallest absolute Gasteiger partial charge is 0.406 e. The third kappa shape index (κ3) is 5.22. The van der Waals surface area contributed by atoms with Crippen molar-refractivity contribution in [1.29, 1.82) is 0 Å². The lowest BCUT2D eigenvalue weighted by atomic mass is 9.88. The van der Waals surface area contributed by atoms with Gasteiger partial charge in [0.05, 0.1) is 0 Å². The van der Waals surface area contributed by atoms with E-state index in [0.29, 0.717) is 30.5 Å². The first-order chi connectivity index (χ1) is 16.3. The number of ether oxygens (including phenoxy) is 1. The van der Waals surface area contributed by atoms with Gasteiger partial charge in [-0.2, -0.15) is 15.4 Å². The number of likely N-dealkylation sites (tertiary alicyclic amines) is 2. The van der Waals surface area contributed by atoms with Gasteiger partial charge in [-0.05, 0) is 59.7 Å². The third-order valence-corrected chi connectivity index (χ3v) is 6.51. The van der Waals surface area contributed by atoms with Crippen LogP contribution in [0.2, 0.25) is 0 Å². The molecule has 5 rings (SSSR count). The number of nitrogens with zero attached hydrogens (tertiary/aromatic N) is 4. The number of fused-ring (bicyclic) bond motifs is 2. The number of carbonyl (C=O) groups excluding carboxylic acids is 1. The van der Waals surface area contributed by atoms with Gasteiger partial charge in [-0.1, -0.05) is 18.2 Å². The molecule has 10 heteroatoms. The first-order valence-corrected chi connectivity index (χ1v) is 11.2. The van der Waals surface area contributed by atoms with E-state index >= 15 is 0 Å². The summed E-state index contributed by atoms with van der Waals surface area (Å²) >= 11 is 0. The lowest BCUT2D eigenvalue weighted by molar-refractivity contribution is -0.274. The minimum Gasteiger partial charge on any atom is -0.406 e. The van der Waals surface area contributed by atoms with Gasteiger partial charge in [0.15, 0.2) is 0 Å². The molecule has 0 aliphatic carbocycles. The van der Waals surface area contributed by atoms with E-state index in [1.807, 2.05) is 11.0 Å². The summed E-state index contributed by atoms with van der Waals surface area (Å²) in [6.45, 7) is 4.23. The number of aromatic nitrogens is 3. The van der Waals surface area contributed by atoms with Crippen molar-refractivity contribution < 1.29 is 22.7 Å². The molecule has 0 bridgehead atoms. The molecule has 3 heterocycles. The molecule has 2 fully saturated rings. The lowest BCUT2D eigenvalue weighted by Crippen LogP contribution is -2.42. The van der Waals surface area contributed by atoms with Gasteiger partial charge in [0.25, 0.3) is 0 Å². The molecule has 3 aromatic rings. The fraction of sp³-hybridized carbons (Fsp3) is 0.375. The molecule has 2 saturated heterocycles. The molecular formula is C24H24F3N5O2. The average Bonchev–Trinajstić information content (AvgIpc) is 3.42. The summed E-state index contributed by atoms with van der Waals surface area (Å²) in [4.78, 5) is 17.0. The highest BCUT2D eigenvalue weighted by Crippen LogP contribution is 2.32. The van der Waals surface area contributed by atoms with Crippen LogP contribution >= 0.6 is 0 Å². The molecular weight excluding hydrogens is 447 g/mol. The van der Waals surface area contributed by atoms with Crippen LogP contribution in [0, 0.1) is 11.8 Å². The number of H-pyrrole nitrogens is 1. The van der Waals surface area contributed by atoms with E-state index in [9.17, 15) is 18.0 Å². The van der Waals surface area contributed by atoms with Gasteiger partial charge in [0.1, 0.15) is 16.8 Å². The van der Waals surface area contributed by atoms with E-state index in [2.05, 4.69) is 37.2 Å². The van der Waals surface area contributed by atoms with Crippen LogP contribution in [-0.4, -0.2) is 63.7 Å². The molecule has 34 heavy (non-hydrogen) atoms. The number of benzene rings is 2. The molecule has 0 spiro atoms. The summed E-state index contributed by atoms with van der Waals surface area (Å²) in [5, 5.41) is 10.9. The highest BCUT2D eigenvalue weighted by Gasteiger charge is 2.37. The molecule has 2 atom stereocenters. The zero-order valence-corrected chi connectivity index (χ0v) is 18.3. The Morgan fingerprint density at radius 2 is 1.82 bits per heavy atom. The predicted octanol–water partition coefficient (Wildman–Crippen LogP) is 3.85. The van der Waals surface area contributed by atoms with Crippen molar-refractivity contribution in [2.45, 2.75) is 19.3 Å². The minimum absolute atomic E-state index is 0.0796. The van der Waals surface area contributed by atoms with Crippen LogP contribution in [0.5, 0.6) is 5.75 Å². The Kier molecular flexibility index (Phi) is 5.99. The number of amides is 1. The third-order valence-electron chi connectivity index (χ3n) is 6.51. The lowest BCUT2D eigenvalue weighted by Gasteiger charge is -2.33. The number of piperidine rings is 1. The van der Waals surface area contributed by atoms with Crippen LogP contribution in [0.1, 0.15) is 17.5 Å². The average molecular weight is 471 g/mol. The second-order valence-corrected chi connectivity index (χ2v) is 8.88. The van der Waals surface area contributed by atoms with Gasteiger partial charge in [-0.15, -0.1) is 13.2 Å². The summed E-state index contributed by atoms with van der Waals surface area (Å²) in [7, 11) is 0. The van der Waals surface area contributed by atoms with E-state index in [4.69, 9.17) is 0 Å². The summed E-state index contributed by atoms with van der Waals surface area (Å²) < 4.78 is 40.7. The summed E-state index contributed by atoms with van der Waals surface area (Å²) in [6.07, 6.45) is -0.654. The van der Waals surface area contributed by atoms with Crippen LogP contribution in [0.3, 0.4) is 0 Å². The second-order valence-electron chi connectivity index (χ2n) is 8.88. The summed E-state index contributed by atoms with van der Waals surface area (Å²) in [5.74, 6) is 0.638. The monoisotopic (exact) mass is 471 g/mol. The number of aromatic amines is 1. The molecule has 2 aromatic carbocycles. The zero-order valence-electron chi connectivity index (χ0n) is 18.3. The Balaban J connectivity index is 1.14. The molecule has 2 aliphatic rings. The van der Waals surface area contributed by atoms with Gasteiger partial charge < -0.3 is 9.64 Å². The minimum atomic E-state index is -4.72. The van der Waals surface area contributed by atoms with Crippen molar-refractivity contribution in [2.24, 2.45) is 11.8 Å². The highest BCUT2D eigenvalue weighted by molar-refractivity contribution is 5.91. The van der Waals surface area contributed by atoms with E-state index < -0.39 is 6.36 Å². The number of rotatable bonds is 5. The quantitative estimate of drug-likeness (QED) is 0.573. The number of hydrogen-bond donors (Lipinski definition) is 1. The molecule has 0 saturated carbocycles. The zero-order chi connectivity index (χ0) is 23.7. The second kappa shape index (κ2) is 9.09. The van der Waals surface area contributed by atoms with Crippen LogP contribution < -0.4 is 4.74 Å². The maximum atomic E-state index is 12.7. The fourth-order valence-corrected chi connectivity index (χ4v) is 4.89. The van der Waals surface area contributed by atoms with Crippen LogP contribution in [0.25, 0.3) is 17.1 Å². The molecule has 0 radical (unpaired) electrons. The van der Waals surface area contributed by atoms with Gasteiger partial charge in [0.2, 0.25) is 5.91 Å². The summed E-state index contributed by atoms with van der Waals surface area (Å²) in [5.41, 5.74) is 3.54. The molecule has 2 unspecified atom stereocenters. The van der Waals surface area contributed by atoms with Gasteiger partial charge in [0, 0.05) is 38.8 Å². The summed E-state index contributed by atoms with van der Waals surface area (Å²) in [6, 6.07) is 11.6. The SMILES string of the molecule is O=C(C=Cc1ccc(OC(F)(F)F)cc1)N1CCC2CN(Cc3ccc4n[nH]nc4c3)CC2C1. The molecule has 178 valence electrons. The fourth-order valence-electron chi connectivity index (χ4n) is 4.89. The standard InChI is InChI=1S/C24H24F3N5O2/c25-24(26,27)34-20-5-1-16(2-6-20)4-8-23(33)32-10-9-18-13-31(14-19(18)15-32)12-17-3-7-21-22(11-17)29-30-28-21/h1-8,11,18-19H,9-10,12-15H2,(H,28,29,30). The van der Waals surface area contributed by atoms with Crippen molar-refractivity contribution in [3.63, 3.8) is 0 Å². The Bertz CT molecular complexity index is 1190. The van der Waals surface area contributed by atoms with E-state index in [1.54, 1.807) is 6.08 Å². The molecule has 7 nitrogen and oxygen atoms in total. The number of halogens is 3. The van der Waals surface area contributed by atoms with Crippen molar-refractivity contribution in [1.82, 2.24) is 25.2 Å². The molecule has 2 aliphatic heterocycles.